The lowest BCUT2D eigenvalue weighted by atomic mass is 10.1. The first-order valence-electron chi connectivity index (χ1n) is 4.68. The van der Waals surface area contributed by atoms with E-state index >= 15 is 0 Å². The molecule has 0 rings (SSSR count). The molecule has 0 nitrogen and oxygen atoms in total. The van der Waals surface area contributed by atoms with Crippen molar-refractivity contribution in [2.24, 2.45) is 0 Å². The summed E-state index contributed by atoms with van der Waals surface area (Å²) in [6.45, 7) is 2.24. The van der Waals surface area contributed by atoms with Crippen molar-refractivity contribution < 1.29 is 0 Å². The second-order valence-corrected chi connectivity index (χ2v) is 2.72. The van der Waals surface area contributed by atoms with Gasteiger partial charge in [-0.3, -0.25) is 0 Å². The molecule has 0 aromatic carbocycles. The summed E-state index contributed by atoms with van der Waals surface area (Å²) in [5, 5.41) is 0. The van der Waals surface area contributed by atoms with Crippen molar-refractivity contribution in [2.75, 3.05) is 0 Å². The summed E-state index contributed by atoms with van der Waals surface area (Å²) in [6, 6.07) is 0. The van der Waals surface area contributed by atoms with Gasteiger partial charge in [0.25, 0.3) is 0 Å². The predicted octanol–water partition coefficient (Wildman–Crippen LogP) is 3.62. The summed E-state index contributed by atoms with van der Waals surface area (Å²) in [6.07, 6.45) is 22.1. The van der Waals surface area contributed by atoms with E-state index in [0.717, 1.165) is 6.42 Å². The Labute approximate surface area is 77.8 Å². The zero-order chi connectivity index (χ0) is 9.66. The van der Waals surface area contributed by atoms with Crippen molar-refractivity contribution in [2.45, 2.75) is 51.9 Å². The molecule has 0 aliphatic heterocycles. The molecule has 0 aromatic rings. The quantitative estimate of drug-likeness (QED) is 0.415. The molecule has 0 heterocycles. The highest BCUT2D eigenvalue weighted by atomic mass is 13.9. The molecule has 0 radical (unpaired) electrons. The van der Waals surface area contributed by atoms with E-state index in [4.69, 9.17) is 6.42 Å². The lowest BCUT2D eigenvalue weighted by Gasteiger charge is -1.95. The molecule has 68 valence electrons. The lowest BCUT2D eigenvalue weighted by Crippen LogP contribution is -1.77. The van der Waals surface area contributed by atoms with E-state index in [9.17, 15) is 0 Å². The first kappa shape index (κ1) is 13.7. The minimum Gasteiger partial charge on any atom is -0.124 e. The summed E-state index contributed by atoms with van der Waals surface area (Å²) < 4.78 is 0. The number of terminal acetylenes is 2. The van der Waals surface area contributed by atoms with Crippen LogP contribution >= 0.6 is 0 Å². The van der Waals surface area contributed by atoms with Gasteiger partial charge in [-0.05, 0) is 6.42 Å². The van der Waals surface area contributed by atoms with Crippen LogP contribution in [-0.2, 0) is 0 Å². The SMILES string of the molecule is C#C.C#CCCCCCCCC. The fourth-order valence-electron chi connectivity index (χ4n) is 1.01. The Bertz CT molecular complexity index is 114. The molecule has 0 N–H and O–H groups in total. The van der Waals surface area contributed by atoms with Gasteiger partial charge in [0.1, 0.15) is 0 Å². The van der Waals surface area contributed by atoms with Crippen LogP contribution in [0.5, 0.6) is 0 Å². The van der Waals surface area contributed by atoms with Crippen molar-refractivity contribution in [3.63, 3.8) is 0 Å². The largest absolute Gasteiger partial charge is 0.124 e. The molecular formula is C12H20. The van der Waals surface area contributed by atoms with Gasteiger partial charge in [-0.1, -0.05) is 39.0 Å². The Hall–Kier alpha value is -0.880. The van der Waals surface area contributed by atoms with Gasteiger partial charge in [0.05, 0.1) is 0 Å². The summed E-state index contributed by atoms with van der Waals surface area (Å²) in [7, 11) is 0. The van der Waals surface area contributed by atoms with Gasteiger partial charge >= 0.3 is 0 Å². The smallest absolute Gasteiger partial charge is 0.00860 e. The van der Waals surface area contributed by atoms with Gasteiger partial charge < -0.3 is 0 Å². The number of unbranched alkanes of at least 4 members (excludes halogenated alkanes) is 6. The Balaban J connectivity index is 0. The molecule has 0 bridgehead atoms. The van der Waals surface area contributed by atoms with Gasteiger partial charge in [0.2, 0.25) is 0 Å². The highest BCUT2D eigenvalue weighted by Gasteiger charge is 1.86. The van der Waals surface area contributed by atoms with Gasteiger partial charge in [0.15, 0.2) is 0 Å². The average molecular weight is 164 g/mol. The first-order chi connectivity index (χ1) is 5.91. The van der Waals surface area contributed by atoms with Crippen LogP contribution in [0.2, 0.25) is 0 Å². The lowest BCUT2D eigenvalue weighted by molar-refractivity contribution is 0.614. The predicted molar refractivity (Wildman–Crippen MR) is 56.7 cm³/mol. The van der Waals surface area contributed by atoms with E-state index in [2.05, 4.69) is 25.7 Å². The third-order valence-electron chi connectivity index (χ3n) is 1.67. The van der Waals surface area contributed by atoms with E-state index in [1.807, 2.05) is 0 Å². The van der Waals surface area contributed by atoms with Crippen LogP contribution in [0.15, 0.2) is 0 Å². The van der Waals surface area contributed by atoms with Crippen LogP contribution in [-0.4, -0.2) is 0 Å². The van der Waals surface area contributed by atoms with Crippen molar-refractivity contribution in [1.82, 2.24) is 0 Å². The molecule has 0 saturated carbocycles. The van der Waals surface area contributed by atoms with E-state index in [1.54, 1.807) is 0 Å². The monoisotopic (exact) mass is 164 g/mol. The van der Waals surface area contributed by atoms with Crippen LogP contribution in [0.25, 0.3) is 0 Å². The maximum absolute atomic E-state index is 5.12. The van der Waals surface area contributed by atoms with Crippen molar-refractivity contribution in [3.05, 3.63) is 0 Å². The van der Waals surface area contributed by atoms with Gasteiger partial charge in [-0.2, -0.15) is 0 Å². The second-order valence-electron chi connectivity index (χ2n) is 2.72. The second kappa shape index (κ2) is 16.6. The van der Waals surface area contributed by atoms with Crippen LogP contribution in [0.4, 0.5) is 0 Å². The van der Waals surface area contributed by atoms with E-state index in [1.165, 1.54) is 38.5 Å². The topological polar surface area (TPSA) is 0 Å². The first-order valence-corrected chi connectivity index (χ1v) is 4.68. The summed E-state index contributed by atoms with van der Waals surface area (Å²) in [5.74, 6) is 2.66. The molecule has 0 aromatic heterocycles. The molecule has 0 atom stereocenters. The molecule has 0 saturated heterocycles. The van der Waals surface area contributed by atoms with Crippen molar-refractivity contribution in [1.29, 1.82) is 0 Å². The third kappa shape index (κ3) is 16.1. The molecule has 0 aliphatic carbocycles. The molecule has 0 unspecified atom stereocenters. The Morgan fingerprint density at radius 1 is 0.917 bits per heavy atom. The number of hydrogen-bond donors (Lipinski definition) is 0. The molecule has 0 aliphatic rings. The maximum atomic E-state index is 5.12. The standard InChI is InChI=1S/C10H18.C2H2/c1-3-5-7-9-10-8-6-4-2;1-2/h1H,4-10H2,2H3;1-2H. The van der Waals surface area contributed by atoms with Gasteiger partial charge in [-0.15, -0.1) is 25.2 Å². The zero-order valence-corrected chi connectivity index (χ0v) is 8.18. The molecule has 12 heavy (non-hydrogen) atoms. The molecule has 0 amide bonds. The fraction of sp³-hybridized carbons (Fsp3) is 0.667. The zero-order valence-electron chi connectivity index (χ0n) is 8.18. The van der Waals surface area contributed by atoms with Crippen LogP contribution in [0, 0.1) is 25.2 Å². The Kier molecular flexibility index (Phi) is 18.9. The maximum Gasteiger partial charge on any atom is 0.00860 e. The highest BCUT2D eigenvalue weighted by Crippen LogP contribution is 2.05. The van der Waals surface area contributed by atoms with Crippen molar-refractivity contribution in [3.8, 4) is 25.2 Å². The average Bonchev–Trinajstić information content (AvgIpc) is 2.15. The molecular weight excluding hydrogens is 144 g/mol. The van der Waals surface area contributed by atoms with Gasteiger partial charge in [-0.25, -0.2) is 0 Å². The van der Waals surface area contributed by atoms with E-state index < -0.39 is 0 Å². The molecule has 0 heteroatoms. The Morgan fingerprint density at radius 2 is 1.42 bits per heavy atom. The highest BCUT2D eigenvalue weighted by molar-refractivity contribution is 4.82. The summed E-state index contributed by atoms with van der Waals surface area (Å²) in [5.41, 5.74) is 0. The Morgan fingerprint density at radius 3 is 1.92 bits per heavy atom. The minimum atomic E-state index is 0.964. The van der Waals surface area contributed by atoms with E-state index in [-0.39, 0.29) is 0 Å². The number of hydrogen-bond acceptors (Lipinski definition) is 0. The van der Waals surface area contributed by atoms with E-state index in [0.29, 0.717) is 0 Å². The third-order valence-corrected chi connectivity index (χ3v) is 1.67. The number of rotatable bonds is 6. The summed E-state index contributed by atoms with van der Waals surface area (Å²) in [4.78, 5) is 0. The van der Waals surface area contributed by atoms with Crippen molar-refractivity contribution >= 4 is 0 Å². The van der Waals surface area contributed by atoms with Crippen LogP contribution in [0.1, 0.15) is 51.9 Å². The minimum absolute atomic E-state index is 0.964. The molecule has 0 fully saturated rings. The normalized spacial score (nSPS) is 7.83. The van der Waals surface area contributed by atoms with Crippen LogP contribution < -0.4 is 0 Å². The fourth-order valence-corrected chi connectivity index (χ4v) is 1.01. The summed E-state index contributed by atoms with van der Waals surface area (Å²) >= 11 is 0. The van der Waals surface area contributed by atoms with Crippen LogP contribution in [0.3, 0.4) is 0 Å². The van der Waals surface area contributed by atoms with Gasteiger partial charge in [0, 0.05) is 6.42 Å². The molecule has 0 spiro atoms.